The average Bonchev–Trinajstić information content (AvgIpc) is 3.01. The van der Waals surface area contributed by atoms with Gasteiger partial charge in [0.1, 0.15) is 6.33 Å². The van der Waals surface area contributed by atoms with Gasteiger partial charge >= 0.3 is 0 Å². The Bertz CT molecular complexity index is 882. The van der Waals surface area contributed by atoms with E-state index in [0.717, 1.165) is 6.54 Å². The highest BCUT2D eigenvalue weighted by Crippen LogP contribution is 2.12. The van der Waals surface area contributed by atoms with Crippen molar-refractivity contribution in [2.24, 2.45) is 0 Å². The van der Waals surface area contributed by atoms with Crippen LogP contribution in [-0.4, -0.2) is 30.9 Å². The molecule has 0 unspecified atom stereocenters. The number of amides is 1. The number of carbonyl (C=O) groups excluding carboxylic acids is 1. The number of hydrogen-bond acceptors (Lipinski definition) is 5. The van der Waals surface area contributed by atoms with Crippen LogP contribution in [-0.2, 0) is 13.1 Å². The highest BCUT2D eigenvalue weighted by atomic mass is 16.2. The number of H-pyrrole nitrogens is 1. The highest BCUT2D eigenvalue weighted by molar-refractivity contribution is 6.04. The molecule has 0 aliphatic rings. The quantitative estimate of drug-likeness (QED) is 0.728. The zero-order valence-electron chi connectivity index (χ0n) is 11.9. The van der Waals surface area contributed by atoms with Gasteiger partial charge in [-0.1, -0.05) is 18.2 Å². The van der Waals surface area contributed by atoms with Crippen LogP contribution in [0.2, 0.25) is 0 Å². The molecule has 3 aromatic rings. The SMILES string of the molecule is CCn1cnnc1CNC(=O)c1n[nH]c(=O)c2ccccc12. The molecule has 0 bridgehead atoms. The van der Waals surface area contributed by atoms with Crippen LogP contribution < -0.4 is 10.9 Å². The molecule has 0 fully saturated rings. The summed E-state index contributed by atoms with van der Waals surface area (Å²) >= 11 is 0. The lowest BCUT2D eigenvalue weighted by atomic mass is 10.1. The summed E-state index contributed by atoms with van der Waals surface area (Å²) in [6, 6.07) is 6.85. The lowest BCUT2D eigenvalue weighted by molar-refractivity contribution is 0.0945. The molecule has 2 aromatic heterocycles. The van der Waals surface area contributed by atoms with Gasteiger partial charge in [-0.3, -0.25) is 9.59 Å². The maximum absolute atomic E-state index is 12.3. The van der Waals surface area contributed by atoms with Gasteiger partial charge in [-0.05, 0) is 13.0 Å². The van der Waals surface area contributed by atoms with Gasteiger partial charge < -0.3 is 9.88 Å². The summed E-state index contributed by atoms with van der Waals surface area (Å²) in [7, 11) is 0. The number of hydrogen-bond donors (Lipinski definition) is 2. The van der Waals surface area contributed by atoms with Gasteiger partial charge in [0.2, 0.25) is 0 Å². The average molecular weight is 298 g/mol. The van der Waals surface area contributed by atoms with Gasteiger partial charge in [-0.15, -0.1) is 10.2 Å². The molecule has 0 aliphatic heterocycles. The lowest BCUT2D eigenvalue weighted by Gasteiger charge is -2.07. The Balaban J connectivity index is 1.87. The molecular weight excluding hydrogens is 284 g/mol. The van der Waals surface area contributed by atoms with E-state index in [-0.39, 0.29) is 23.7 Å². The van der Waals surface area contributed by atoms with E-state index in [2.05, 4.69) is 25.7 Å². The van der Waals surface area contributed by atoms with Crippen LogP contribution in [0.4, 0.5) is 0 Å². The minimum Gasteiger partial charge on any atom is -0.343 e. The Kier molecular flexibility index (Phi) is 3.65. The predicted octanol–water partition coefficient (Wildman–Crippen LogP) is 0.464. The molecule has 0 radical (unpaired) electrons. The molecule has 3 rings (SSSR count). The second kappa shape index (κ2) is 5.76. The molecule has 8 heteroatoms. The normalized spacial score (nSPS) is 10.8. The van der Waals surface area contributed by atoms with Crippen molar-refractivity contribution in [3.8, 4) is 0 Å². The summed E-state index contributed by atoms with van der Waals surface area (Å²) in [6.07, 6.45) is 1.61. The molecule has 112 valence electrons. The monoisotopic (exact) mass is 298 g/mol. The number of nitrogens with one attached hydrogen (secondary N) is 2. The largest absolute Gasteiger partial charge is 0.343 e. The standard InChI is InChI=1S/C14H14N6O2/c1-2-20-8-16-17-11(20)7-15-14(22)12-9-5-3-4-6-10(9)13(21)19-18-12/h3-6,8H,2,7H2,1H3,(H,15,22)(H,19,21). The Morgan fingerprint density at radius 1 is 1.32 bits per heavy atom. The van der Waals surface area contributed by atoms with Crippen LogP contribution in [0.3, 0.4) is 0 Å². The van der Waals surface area contributed by atoms with Gasteiger partial charge in [-0.25, -0.2) is 5.10 Å². The van der Waals surface area contributed by atoms with Crippen molar-refractivity contribution in [2.45, 2.75) is 20.0 Å². The lowest BCUT2D eigenvalue weighted by Crippen LogP contribution is -2.27. The number of aromatic amines is 1. The van der Waals surface area contributed by atoms with Crippen LogP contribution in [0.1, 0.15) is 23.2 Å². The Morgan fingerprint density at radius 2 is 2.09 bits per heavy atom. The zero-order chi connectivity index (χ0) is 15.5. The first-order valence-electron chi connectivity index (χ1n) is 6.83. The maximum Gasteiger partial charge on any atom is 0.272 e. The van der Waals surface area contributed by atoms with Crippen molar-refractivity contribution >= 4 is 16.7 Å². The van der Waals surface area contributed by atoms with Crippen LogP contribution in [0.5, 0.6) is 0 Å². The Labute approximate surface area is 125 Å². The fourth-order valence-corrected chi connectivity index (χ4v) is 2.21. The van der Waals surface area contributed by atoms with Crippen molar-refractivity contribution in [2.75, 3.05) is 0 Å². The number of fused-ring (bicyclic) bond motifs is 1. The molecule has 0 saturated heterocycles. The van der Waals surface area contributed by atoms with Crippen molar-refractivity contribution in [3.63, 3.8) is 0 Å². The number of aromatic nitrogens is 5. The molecule has 0 aliphatic carbocycles. The second-order valence-corrected chi connectivity index (χ2v) is 4.66. The molecule has 1 aromatic carbocycles. The summed E-state index contributed by atoms with van der Waals surface area (Å²) in [5.41, 5.74) is -0.143. The molecule has 0 spiro atoms. The smallest absolute Gasteiger partial charge is 0.272 e. The Morgan fingerprint density at radius 3 is 2.86 bits per heavy atom. The predicted molar refractivity (Wildman–Crippen MR) is 79.2 cm³/mol. The van der Waals surface area contributed by atoms with Gasteiger partial charge in [-0.2, -0.15) is 5.10 Å². The fraction of sp³-hybridized carbons (Fsp3) is 0.214. The van der Waals surface area contributed by atoms with E-state index >= 15 is 0 Å². The van der Waals surface area contributed by atoms with E-state index in [1.807, 2.05) is 11.5 Å². The number of carbonyl (C=O) groups is 1. The number of nitrogens with zero attached hydrogens (tertiary/aromatic N) is 4. The van der Waals surface area contributed by atoms with E-state index in [4.69, 9.17) is 0 Å². The molecule has 1 amide bonds. The van der Waals surface area contributed by atoms with E-state index in [1.165, 1.54) is 0 Å². The van der Waals surface area contributed by atoms with Crippen molar-refractivity contribution in [3.05, 3.63) is 52.5 Å². The summed E-state index contributed by atoms with van der Waals surface area (Å²) in [5, 5.41) is 17.6. The van der Waals surface area contributed by atoms with E-state index in [9.17, 15) is 9.59 Å². The zero-order valence-corrected chi connectivity index (χ0v) is 11.9. The van der Waals surface area contributed by atoms with Gasteiger partial charge in [0.15, 0.2) is 11.5 Å². The van der Waals surface area contributed by atoms with E-state index in [1.54, 1.807) is 30.6 Å². The van der Waals surface area contributed by atoms with Gasteiger partial charge in [0, 0.05) is 11.9 Å². The van der Waals surface area contributed by atoms with Crippen molar-refractivity contribution in [1.29, 1.82) is 0 Å². The Hall–Kier alpha value is -3.03. The minimum atomic E-state index is -0.377. The highest BCUT2D eigenvalue weighted by Gasteiger charge is 2.14. The minimum absolute atomic E-state index is 0.178. The summed E-state index contributed by atoms with van der Waals surface area (Å²) in [4.78, 5) is 24.0. The molecule has 2 N–H and O–H groups in total. The first kappa shape index (κ1) is 13.9. The first-order valence-corrected chi connectivity index (χ1v) is 6.83. The molecule has 8 nitrogen and oxygen atoms in total. The molecular formula is C14H14N6O2. The third-order valence-corrected chi connectivity index (χ3v) is 3.35. The third kappa shape index (κ3) is 2.46. The van der Waals surface area contributed by atoms with Gasteiger partial charge in [0.05, 0.1) is 11.9 Å². The van der Waals surface area contributed by atoms with E-state index < -0.39 is 0 Å². The molecule has 0 atom stereocenters. The first-order chi connectivity index (χ1) is 10.7. The molecule has 22 heavy (non-hydrogen) atoms. The van der Waals surface area contributed by atoms with Crippen LogP contribution in [0.25, 0.3) is 10.8 Å². The summed E-state index contributed by atoms with van der Waals surface area (Å²) in [6.45, 7) is 2.92. The summed E-state index contributed by atoms with van der Waals surface area (Å²) < 4.78 is 1.83. The second-order valence-electron chi connectivity index (χ2n) is 4.66. The fourth-order valence-electron chi connectivity index (χ4n) is 2.21. The summed E-state index contributed by atoms with van der Waals surface area (Å²) in [5.74, 6) is 0.280. The molecule has 0 saturated carbocycles. The van der Waals surface area contributed by atoms with Crippen molar-refractivity contribution in [1.82, 2.24) is 30.3 Å². The van der Waals surface area contributed by atoms with E-state index in [0.29, 0.717) is 16.6 Å². The molecule has 2 heterocycles. The third-order valence-electron chi connectivity index (χ3n) is 3.35. The number of rotatable bonds is 4. The maximum atomic E-state index is 12.3. The topological polar surface area (TPSA) is 106 Å². The number of aryl methyl sites for hydroxylation is 1. The van der Waals surface area contributed by atoms with Crippen LogP contribution in [0, 0.1) is 0 Å². The van der Waals surface area contributed by atoms with Crippen molar-refractivity contribution < 1.29 is 4.79 Å². The number of benzene rings is 1. The van der Waals surface area contributed by atoms with Crippen LogP contribution in [0.15, 0.2) is 35.4 Å². The van der Waals surface area contributed by atoms with Gasteiger partial charge in [0.25, 0.3) is 11.5 Å². The van der Waals surface area contributed by atoms with Crippen LogP contribution >= 0.6 is 0 Å².